The van der Waals surface area contributed by atoms with Crippen LogP contribution < -0.4 is 11.1 Å². The minimum atomic E-state index is 0. The Morgan fingerprint density at radius 1 is 1.07 bits per heavy atom. The summed E-state index contributed by atoms with van der Waals surface area (Å²) in [7, 11) is 0. The highest BCUT2D eigenvalue weighted by molar-refractivity contribution is 5.85. The summed E-state index contributed by atoms with van der Waals surface area (Å²) in [6, 6.07) is 13.2. The highest BCUT2D eigenvalue weighted by Gasteiger charge is 2.34. The lowest BCUT2D eigenvalue weighted by atomic mass is 9.74. The van der Waals surface area contributed by atoms with E-state index in [9.17, 15) is 0 Å². The molecule has 0 atom stereocenters. The van der Waals surface area contributed by atoms with Gasteiger partial charge in [0.25, 0.3) is 0 Å². The third-order valence-electron chi connectivity index (χ3n) is 5.73. The molecule has 2 aromatic rings. The first-order valence-corrected chi connectivity index (χ1v) is 9.20. The van der Waals surface area contributed by atoms with E-state index in [0.717, 1.165) is 57.0 Å². The second-order valence-corrected chi connectivity index (χ2v) is 7.37. The van der Waals surface area contributed by atoms with Gasteiger partial charge in [-0.2, -0.15) is 0 Å². The number of rotatable bonds is 5. The summed E-state index contributed by atoms with van der Waals surface area (Å²) in [5.41, 5.74) is 8.50. The molecule has 1 aromatic heterocycles. The summed E-state index contributed by atoms with van der Waals surface area (Å²) < 4.78 is 5.62. The number of benzene rings is 1. The monoisotopic (exact) mass is 410 g/mol. The number of ether oxygens (including phenoxy) is 1. The summed E-state index contributed by atoms with van der Waals surface area (Å²) in [5.74, 6) is 1.40. The summed E-state index contributed by atoms with van der Waals surface area (Å²) >= 11 is 0. The Hall–Kier alpha value is -1.40. The molecule has 0 spiro atoms. The van der Waals surface area contributed by atoms with E-state index in [1.807, 2.05) is 0 Å². The van der Waals surface area contributed by atoms with E-state index in [4.69, 9.17) is 10.5 Å². The van der Waals surface area contributed by atoms with Gasteiger partial charge in [-0.05, 0) is 31.2 Å². The Morgan fingerprint density at radius 3 is 2.44 bits per heavy atom. The predicted octanol–water partition coefficient (Wildman–Crippen LogP) is 3.69. The van der Waals surface area contributed by atoms with Crippen molar-refractivity contribution in [1.82, 2.24) is 9.97 Å². The van der Waals surface area contributed by atoms with Crippen molar-refractivity contribution in [3.8, 4) is 0 Å². The normalized spacial score (nSPS) is 23.3. The Bertz CT molecular complexity index is 704. The molecule has 7 heteroatoms. The van der Waals surface area contributed by atoms with Crippen molar-refractivity contribution >= 4 is 30.6 Å². The van der Waals surface area contributed by atoms with Gasteiger partial charge < -0.3 is 15.8 Å². The van der Waals surface area contributed by atoms with E-state index in [2.05, 4.69) is 51.7 Å². The number of hydrogen-bond donors (Lipinski definition) is 2. The first-order valence-electron chi connectivity index (χ1n) is 9.20. The lowest BCUT2D eigenvalue weighted by Gasteiger charge is -2.38. The van der Waals surface area contributed by atoms with Gasteiger partial charge in [0.2, 0.25) is 0 Å². The maximum atomic E-state index is 5.91. The van der Waals surface area contributed by atoms with Gasteiger partial charge in [0.15, 0.2) is 0 Å². The second kappa shape index (κ2) is 9.69. The van der Waals surface area contributed by atoms with Crippen LogP contribution in [0.5, 0.6) is 0 Å². The van der Waals surface area contributed by atoms with Crippen LogP contribution in [-0.4, -0.2) is 35.8 Å². The molecule has 148 valence electrons. The maximum Gasteiger partial charge on any atom is 0.129 e. The van der Waals surface area contributed by atoms with Gasteiger partial charge in [-0.1, -0.05) is 30.3 Å². The summed E-state index contributed by atoms with van der Waals surface area (Å²) in [4.78, 5) is 8.86. The summed E-state index contributed by atoms with van der Waals surface area (Å²) in [5, 5.41) is 3.57. The summed E-state index contributed by atoms with van der Waals surface area (Å²) in [6.07, 6.45) is 5.78. The SMILES string of the molecule is Cl.Cl.NC1CC(c2cc(NCC3(c4ccccc4)CCOCC3)ncn2)C1. The van der Waals surface area contributed by atoms with Crippen LogP contribution in [0.2, 0.25) is 0 Å². The van der Waals surface area contributed by atoms with Crippen molar-refractivity contribution in [3.05, 3.63) is 54.0 Å². The van der Waals surface area contributed by atoms with Crippen molar-refractivity contribution in [2.75, 3.05) is 25.1 Å². The van der Waals surface area contributed by atoms with Gasteiger partial charge >= 0.3 is 0 Å². The Balaban J connectivity index is 0.00000131. The third kappa shape index (κ3) is 4.91. The van der Waals surface area contributed by atoms with E-state index in [1.54, 1.807) is 6.33 Å². The van der Waals surface area contributed by atoms with Crippen LogP contribution in [0.25, 0.3) is 0 Å². The van der Waals surface area contributed by atoms with Gasteiger partial charge in [0.1, 0.15) is 12.1 Å². The van der Waals surface area contributed by atoms with E-state index < -0.39 is 0 Å². The van der Waals surface area contributed by atoms with E-state index in [0.29, 0.717) is 12.0 Å². The molecule has 5 nitrogen and oxygen atoms in total. The van der Waals surface area contributed by atoms with Crippen LogP contribution in [0.3, 0.4) is 0 Å². The quantitative estimate of drug-likeness (QED) is 0.785. The number of nitrogens with two attached hydrogens (primary N) is 1. The first-order chi connectivity index (χ1) is 12.3. The highest BCUT2D eigenvalue weighted by atomic mass is 35.5. The fraction of sp³-hybridized carbons (Fsp3) is 0.500. The van der Waals surface area contributed by atoms with Gasteiger partial charge in [-0.15, -0.1) is 24.8 Å². The van der Waals surface area contributed by atoms with Crippen molar-refractivity contribution in [2.24, 2.45) is 5.73 Å². The number of hydrogen-bond acceptors (Lipinski definition) is 5. The molecule has 2 heterocycles. The van der Waals surface area contributed by atoms with Gasteiger partial charge in [0, 0.05) is 48.9 Å². The molecule has 2 aliphatic rings. The van der Waals surface area contributed by atoms with E-state index in [1.165, 1.54) is 5.56 Å². The van der Waals surface area contributed by atoms with Crippen molar-refractivity contribution < 1.29 is 4.74 Å². The second-order valence-electron chi connectivity index (χ2n) is 7.37. The lowest BCUT2D eigenvalue weighted by molar-refractivity contribution is 0.0543. The minimum absolute atomic E-state index is 0. The molecule has 2 fully saturated rings. The molecule has 27 heavy (non-hydrogen) atoms. The molecular weight excluding hydrogens is 383 g/mol. The molecular formula is C20H28Cl2N4O. The van der Waals surface area contributed by atoms with Gasteiger partial charge in [-0.25, -0.2) is 9.97 Å². The van der Waals surface area contributed by atoms with E-state index in [-0.39, 0.29) is 30.2 Å². The van der Waals surface area contributed by atoms with Crippen LogP contribution in [0.4, 0.5) is 5.82 Å². The fourth-order valence-corrected chi connectivity index (χ4v) is 3.98. The molecule has 3 N–H and O–H groups in total. The van der Waals surface area contributed by atoms with Crippen LogP contribution >= 0.6 is 24.8 Å². The number of nitrogens with zero attached hydrogens (tertiary/aromatic N) is 2. The van der Waals surface area contributed by atoms with Crippen molar-refractivity contribution in [2.45, 2.75) is 43.1 Å². The fourth-order valence-electron chi connectivity index (χ4n) is 3.98. The Morgan fingerprint density at radius 2 is 1.78 bits per heavy atom. The standard InChI is InChI=1S/C20H26N4O.2ClH/c21-17-10-15(11-17)18-12-19(24-14-23-18)22-13-20(6-8-25-9-7-20)16-4-2-1-3-5-16;;/h1-5,12,14-15,17H,6-11,13,21H2,(H,22,23,24);2*1H. The topological polar surface area (TPSA) is 73.1 Å². The molecule has 1 saturated carbocycles. The molecule has 0 amide bonds. The Labute approximate surface area is 173 Å². The van der Waals surface area contributed by atoms with Gasteiger partial charge in [0.05, 0.1) is 0 Å². The van der Waals surface area contributed by atoms with E-state index >= 15 is 0 Å². The van der Waals surface area contributed by atoms with Crippen LogP contribution in [-0.2, 0) is 10.2 Å². The first kappa shape index (κ1) is 21.9. The molecule has 1 aliphatic heterocycles. The molecule has 1 saturated heterocycles. The Kier molecular flexibility index (Phi) is 7.86. The molecule has 4 rings (SSSR count). The molecule has 1 aliphatic carbocycles. The van der Waals surface area contributed by atoms with Gasteiger partial charge in [-0.3, -0.25) is 0 Å². The zero-order valence-corrected chi connectivity index (χ0v) is 17.0. The lowest BCUT2D eigenvalue weighted by Crippen LogP contribution is -2.40. The predicted molar refractivity (Wildman–Crippen MR) is 113 cm³/mol. The average Bonchev–Trinajstić information content (AvgIpc) is 2.66. The smallest absolute Gasteiger partial charge is 0.129 e. The zero-order chi connectivity index (χ0) is 17.1. The van der Waals surface area contributed by atoms with Crippen LogP contribution in [0, 0.1) is 0 Å². The van der Waals surface area contributed by atoms with Crippen molar-refractivity contribution in [3.63, 3.8) is 0 Å². The zero-order valence-electron chi connectivity index (χ0n) is 15.3. The third-order valence-corrected chi connectivity index (χ3v) is 5.73. The molecule has 0 radical (unpaired) electrons. The van der Waals surface area contributed by atoms with Crippen LogP contribution in [0.1, 0.15) is 42.9 Å². The number of halogens is 2. The number of anilines is 1. The largest absolute Gasteiger partial charge is 0.381 e. The van der Waals surface area contributed by atoms with Crippen LogP contribution in [0.15, 0.2) is 42.7 Å². The molecule has 0 bridgehead atoms. The maximum absolute atomic E-state index is 5.91. The average molecular weight is 411 g/mol. The molecule has 1 aromatic carbocycles. The minimum Gasteiger partial charge on any atom is -0.381 e. The highest BCUT2D eigenvalue weighted by Crippen LogP contribution is 2.36. The number of aromatic nitrogens is 2. The van der Waals surface area contributed by atoms with Crippen molar-refractivity contribution in [1.29, 1.82) is 0 Å². The molecule has 0 unspecified atom stereocenters. The number of nitrogens with one attached hydrogen (secondary N) is 1. The summed E-state index contributed by atoms with van der Waals surface area (Å²) in [6.45, 7) is 2.48.